The van der Waals surface area contributed by atoms with E-state index in [1.807, 2.05) is 14.0 Å². The Morgan fingerprint density at radius 3 is 2.71 bits per heavy atom. The van der Waals surface area contributed by atoms with Gasteiger partial charge in [-0.2, -0.15) is 0 Å². The number of nitrogens with zero attached hydrogens (tertiary/aromatic N) is 1. The number of nitrogens with one attached hydrogen (secondary N) is 1. The van der Waals surface area contributed by atoms with Crippen LogP contribution >= 0.6 is 0 Å². The molecule has 1 aliphatic heterocycles. The van der Waals surface area contributed by atoms with Gasteiger partial charge in [0.25, 0.3) is 0 Å². The van der Waals surface area contributed by atoms with E-state index in [9.17, 15) is 9.59 Å². The van der Waals surface area contributed by atoms with Crippen molar-refractivity contribution in [2.24, 2.45) is 0 Å². The van der Waals surface area contributed by atoms with E-state index >= 15 is 0 Å². The molecule has 132 valence electrons. The third kappa shape index (κ3) is 5.94. The third-order valence-corrected chi connectivity index (χ3v) is 3.94. The molecule has 1 unspecified atom stereocenters. The summed E-state index contributed by atoms with van der Waals surface area (Å²) in [6, 6.07) is 7.01. The smallest absolute Gasteiger partial charge is 0.220 e. The molecule has 1 N–H and O–H groups in total. The summed E-state index contributed by atoms with van der Waals surface area (Å²) in [6.45, 7) is 5.40. The van der Waals surface area contributed by atoms with E-state index in [4.69, 9.17) is 9.47 Å². The van der Waals surface area contributed by atoms with Crippen LogP contribution in [0, 0.1) is 0 Å². The first-order valence-corrected chi connectivity index (χ1v) is 8.41. The first-order valence-electron chi connectivity index (χ1n) is 8.41. The van der Waals surface area contributed by atoms with Crippen molar-refractivity contribution < 1.29 is 19.1 Å². The Kier molecular flexibility index (Phi) is 7.21. The van der Waals surface area contributed by atoms with Gasteiger partial charge in [-0.05, 0) is 38.2 Å². The van der Waals surface area contributed by atoms with Crippen LogP contribution in [-0.4, -0.2) is 62.6 Å². The van der Waals surface area contributed by atoms with Gasteiger partial charge in [0, 0.05) is 38.0 Å². The topological polar surface area (TPSA) is 67.9 Å². The van der Waals surface area contributed by atoms with E-state index in [0.717, 1.165) is 18.8 Å². The summed E-state index contributed by atoms with van der Waals surface area (Å²) >= 11 is 0. The van der Waals surface area contributed by atoms with Crippen molar-refractivity contribution >= 4 is 11.7 Å². The van der Waals surface area contributed by atoms with Crippen LogP contribution in [0.1, 0.15) is 30.1 Å². The lowest BCUT2D eigenvalue weighted by Crippen LogP contribution is -2.45. The molecule has 1 amide bonds. The second kappa shape index (κ2) is 9.39. The van der Waals surface area contributed by atoms with Crippen molar-refractivity contribution in [1.82, 2.24) is 10.2 Å². The number of rotatable bonds is 8. The van der Waals surface area contributed by atoms with Crippen molar-refractivity contribution in [3.8, 4) is 5.75 Å². The van der Waals surface area contributed by atoms with Crippen LogP contribution in [0.3, 0.4) is 0 Å². The van der Waals surface area contributed by atoms with Crippen LogP contribution in [-0.2, 0) is 9.53 Å². The van der Waals surface area contributed by atoms with Crippen LogP contribution in [0.4, 0.5) is 0 Å². The highest BCUT2D eigenvalue weighted by Gasteiger charge is 2.18. The number of morpholine rings is 1. The molecule has 0 saturated carbocycles. The zero-order valence-corrected chi connectivity index (χ0v) is 14.4. The van der Waals surface area contributed by atoms with Gasteiger partial charge in [-0.15, -0.1) is 0 Å². The summed E-state index contributed by atoms with van der Waals surface area (Å²) in [5, 5.41) is 2.84. The van der Waals surface area contributed by atoms with Gasteiger partial charge in [0.1, 0.15) is 5.75 Å². The largest absolute Gasteiger partial charge is 0.494 e. The Bertz CT molecular complexity index is 544. The van der Waals surface area contributed by atoms with Crippen molar-refractivity contribution in [2.45, 2.75) is 25.9 Å². The van der Waals surface area contributed by atoms with Gasteiger partial charge >= 0.3 is 0 Å². The average Bonchev–Trinajstić information content (AvgIpc) is 2.59. The Morgan fingerprint density at radius 1 is 1.29 bits per heavy atom. The lowest BCUT2D eigenvalue weighted by molar-refractivity contribution is -0.122. The zero-order valence-electron chi connectivity index (χ0n) is 14.4. The normalized spacial score (nSPS) is 18.2. The van der Waals surface area contributed by atoms with Crippen LogP contribution in [0.5, 0.6) is 5.75 Å². The molecule has 1 aromatic carbocycles. The summed E-state index contributed by atoms with van der Waals surface area (Å²) in [5.41, 5.74) is 0.600. The van der Waals surface area contributed by atoms with E-state index in [0.29, 0.717) is 25.3 Å². The van der Waals surface area contributed by atoms with Crippen molar-refractivity contribution in [3.63, 3.8) is 0 Å². The molecule has 0 aromatic heterocycles. The van der Waals surface area contributed by atoms with E-state index in [-0.39, 0.29) is 30.6 Å². The molecule has 0 radical (unpaired) electrons. The van der Waals surface area contributed by atoms with Crippen LogP contribution in [0.2, 0.25) is 0 Å². The maximum atomic E-state index is 12.1. The summed E-state index contributed by atoms with van der Waals surface area (Å²) < 4.78 is 10.9. The van der Waals surface area contributed by atoms with Gasteiger partial charge < -0.3 is 19.7 Å². The molecule has 6 heteroatoms. The standard InChI is InChI=1S/C18H26N2O4/c1-3-23-15-6-4-14(5-7-15)17(21)8-9-18(22)19-12-16-13-20(2)10-11-24-16/h4-7,16H,3,8-13H2,1-2H3,(H,19,22). The molecule has 1 heterocycles. The van der Waals surface area contributed by atoms with Crippen molar-refractivity contribution in [3.05, 3.63) is 29.8 Å². The molecule has 24 heavy (non-hydrogen) atoms. The number of hydrogen-bond acceptors (Lipinski definition) is 5. The third-order valence-electron chi connectivity index (χ3n) is 3.94. The maximum absolute atomic E-state index is 12.1. The Morgan fingerprint density at radius 2 is 2.04 bits per heavy atom. The highest BCUT2D eigenvalue weighted by Crippen LogP contribution is 2.14. The van der Waals surface area contributed by atoms with Crippen LogP contribution < -0.4 is 10.1 Å². The highest BCUT2D eigenvalue weighted by molar-refractivity contribution is 5.98. The number of ether oxygens (including phenoxy) is 2. The molecule has 1 aliphatic rings. The molecule has 0 bridgehead atoms. The predicted molar refractivity (Wildman–Crippen MR) is 91.4 cm³/mol. The number of benzene rings is 1. The Balaban J connectivity index is 1.69. The predicted octanol–water partition coefficient (Wildman–Crippen LogP) is 1.49. The van der Waals surface area contributed by atoms with Gasteiger partial charge in [-0.3, -0.25) is 9.59 Å². The van der Waals surface area contributed by atoms with E-state index in [1.165, 1.54) is 0 Å². The summed E-state index contributed by atoms with van der Waals surface area (Å²) in [6.07, 6.45) is 0.411. The van der Waals surface area contributed by atoms with E-state index in [1.54, 1.807) is 24.3 Å². The van der Waals surface area contributed by atoms with Crippen molar-refractivity contribution in [2.75, 3.05) is 39.9 Å². The molecule has 1 atom stereocenters. The minimum Gasteiger partial charge on any atom is -0.494 e. The highest BCUT2D eigenvalue weighted by atomic mass is 16.5. The number of carbonyl (C=O) groups excluding carboxylic acids is 2. The molecular formula is C18H26N2O4. The van der Waals surface area contributed by atoms with E-state index in [2.05, 4.69) is 10.2 Å². The number of carbonyl (C=O) groups is 2. The van der Waals surface area contributed by atoms with Gasteiger partial charge in [0.15, 0.2) is 5.78 Å². The molecule has 2 rings (SSSR count). The van der Waals surface area contributed by atoms with Gasteiger partial charge in [0.05, 0.1) is 19.3 Å². The molecule has 1 aromatic rings. The summed E-state index contributed by atoms with van der Waals surface area (Å²) in [7, 11) is 2.03. The Hall–Kier alpha value is -1.92. The number of ketones is 1. The van der Waals surface area contributed by atoms with Crippen molar-refractivity contribution in [1.29, 1.82) is 0 Å². The molecule has 0 spiro atoms. The summed E-state index contributed by atoms with van der Waals surface area (Å²) in [4.78, 5) is 26.2. The lowest BCUT2D eigenvalue weighted by atomic mass is 10.1. The van der Waals surface area contributed by atoms with Gasteiger partial charge in [0.2, 0.25) is 5.91 Å². The number of amides is 1. The fourth-order valence-corrected chi connectivity index (χ4v) is 2.58. The number of Topliss-reactive ketones (excluding diaryl/α,β-unsaturated/α-hetero) is 1. The second-order valence-electron chi connectivity index (χ2n) is 5.94. The minimum absolute atomic E-state index is 0.0227. The fourth-order valence-electron chi connectivity index (χ4n) is 2.58. The first kappa shape index (κ1) is 18.4. The zero-order chi connectivity index (χ0) is 17.4. The number of hydrogen-bond donors (Lipinski definition) is 1. The lowest BCUT2D eigenvalue weighted by Gasteiger charge is -2.30. The molecule has 1 fully saturated rings. The molecule has 0 aliphatic carbocycles. The Labute approximate surface area is 143 Å². The minimum atomic E-state index is -0.119. The number of likely N-dealkylation sites (N-methyl/N-ethyl adjacent to an activating group) is 1. The van der Waals surface area contributed by atoms with E-state index < -0.39 is 0 Å². The quantitative estimate of drug-likeness (QED) is 0.730. The molecular weight excluding hydrogens is 308 g/mol. The van der Waals surface area contributed by atoms with Crippen LogP contribution in [0.15, 0.2) is 24.3 Å². The molecule has 1 saturated heterocycles. The SMILES string of the molecule is CCOc1ccc(C(=O)CCC(=O)NCC2CN(C)CCO2)cc1. The summed E-state index contributed by atoms with van der Waals surface area (Å²) in [5.74, 6) is 0.581. The average molecular weight is 334 g/mol. The van der Waals surface area contributed by atoms with Crippen LogP contribution in [0.25, 0.3) is 0 Å². The van der Waals surface area contributed by atoms with Gasteiger partial charge in [-0.1, -0.05) is 0 Å². The van der Waals surface area contributed by atoms with Gasteiger partial charge in [-0.25, -0.2) is 0 Å². The molecule has 6 nitrogen and oxygen atoms in total. The fraction of sp³-hybridized carbons (Fsp3) is 0.556. The monoisotopic (exact) mass is 334 g/mol. The maximum Gasteiger partial charge on any atom is 0.220 e. The second-order valence-corrected chi connectivity index (χ2v) is 5.94. The first-order chi connectivity index (χ1) is 11.6.